The molecular weight excluding hydrogens is 174 g/mol. The van der Waals surface area contributed by atoms with Gasteiger partial charge in [0.1, 0.15) is 0 Å². The highest BCUT2D eigenvalue weighted by atomic mass is 16.5. The number of ether oxygens (including phenoxy) is 1. The van der Waals surface area contributed by atoms with Crippen LogP contribution in [0.25, 0.3) is 0 Å². The van der Waals surface area contributed by atoms with E-state index in [1.54, 1.807) is 0 Å². The molecule has 2 aliphatic heterocycles. The van der Waals surface area contributed by atoms with Gasteiger partial charge in [-0.3, -0.25) is 0 Å². The van der Waals surface area contributed by atoms with Crippen molar-refractivity contribution in [3.63, 3.8) is 0 Å². The maximum absolute atomic E-state index is 5.49. The van der Waals surface area contributed by atoms with Gasteiger partial charge in [-0.05, 0) is 25.1 Å². The molecule has 0 aliphatic carbocycles. The Morgan fingerprint density at radius 2 is 2.07 bits per heavy atom. The molecule has 0 unspecified atom stereocenters. The molecule has 2 heteroatoms. The number of nitrogens with zero attached hydrogens (tertiary/aromatic N) is 1. The second-order valence-corrected chi connectivity index (χ2v) is 3.95. The van der Waals surface area contributed by atoms with Gasteiger partial charge < -0.3 is 9.64 Å². The predicted octanol–water partition coefficient (Wildman–Crippen LogP) is 2.10. The molecular formula is C12H13NO. The first kappa shape index (κ1) is 8.06. The molecule has 0 saturated carbocycles. The third-order valence-electron chi connectivity index (χ3n) is 2.88. The summed E-state index contributed by atoms with van der Waals surface area (Å²) >= 11 is 0. The molecule has 0 saturated heterocycles. The molecule has 1 atom stereocenters. The van der Waals surface area contributed by atoms with Crippen LogP contribution in [0, 0.1) is 6.92 Å². The molecule has 2 nitrogen and oxygen atoms in total. The lowest BCUT2D eigenvalue weighted by Gasteiger charge is -2.27. The lowest BCUT2D eigenvalue weighted by Crippen LogP contribution is -2.31. The van der Waals surface area contributed by atoms with Gasteiger partial charge in [0.25, 0.3) is 0 Å². The van der Waals surface area contributed by atoms with Gasteiger partial charge in [-0.15, -0.1) is 0 Å². The normalized spacial score (nSPS) is 24.2. The Morgan fingerprint density at radius 3 is 2.64 bits per heavy atom. The van der Waals surface area contributed by atoms with Crippen LogP contribution in [0.2, 0.25) is 0 Å². The maximum Gasteiger partial charge on any atom is 0.0960 e. The SMILES string of the molecule is Cc1ccc(N2C[C@H]3C=C2CO3)cc1. The standard InChI is InChI=1S/C12H13NO/c1-9-2-4-10(5-3-9)13-7-12-6-11(13)8-14-12/h2-6,12H,7-8H2,1H3/t12-/m1/s1. The Hall–Kier alpha value is -1.28. The summed E-state index contributed by atoms with van der Waals surface area (Å²) in [5, 5.41) is 0. The molecule has 0 aromatic heterocycles. The zero-order valence-electron chi connectivity index (χ0n) is 8.23. The topological polar surface area (TPSA) is 12.5 Å². The smallest absolute Gasteiger partial charge is 0.0960 e. The van der Waals surface area contributed by atoms with Crippen molar-refractivity contribution >= 4 is 5.69 Å². The molecule has 2 bridgehead atoms. The minimum Gasteiger partial charge on any atom is -0.366 e. The average molecular weight is 187 g/mol. The van der Waals surface area contributed by atoms with Crippen molar-refractivity contribution in [2.24, 2.45) is 0 Å². The summed E-state index contributed by atoms with van der Waals surface area (Å²) in [5.41, 5.74) is 3.91. The van der Waals surface area contributed by atoms with Gasteiger partial charge >= 0.3 is 0 Å². The van der Waals surface area contributed by atoms with Crippen molar-refractivity contribution in [2.45, 2.75) is 13.0 Å². The van der Waals surface area contributed by atoms with E-state index in [1.807, 2.05) is 0 Å². The molecule has 2 aliphatic rings. The predicted molar refractivity (Wildman–Crippen MR) is 56.3 cm³/mol. The third kappa shape index (κ3) is 1.15. The number of fused-ring (bicyclic) bond motifs is 1. The lowest BCUT2D eigenvalue weighted by molar-refractivity contribution is 0.116. The molecule has 0 N–H and O–H groups in total. The van der Waals surface area contributed by atoms with E-state index in [0.29, 0.717) is 6.10 Å². The van der Waals surface area contributed by atoms with Gasteiger partial charge in [-0.2, -0.15) is 0 Å². The largest absolute Gasteiger partial charge is 0.366 e. The van der Waals surface area contributed by atoms with Crippen molar-refractivity contribution in [2.75, 3.05) is 18.1 Å². The van der Waals surface area contributed by atoms with Crippen molar-refractivity contribution in [1.82, 2.24) is 0 Å². The average Bonchev–Trinajstić information content (AvgIpc) is 2.80. The van der Waals surface area contributed by atoms with Crippen molar-refractivity contribution in [3.8, 4) is 0 Å². The first-order valence-corrected chi connectivity index (χ1v) is 4.99. The van der Waals surface area contributed by atoms with E-state index in [-0.39, 0.29) is 0 Å². The number of anilines is 1. The molecule has 1 aromatic rings. The molecule has 1 aromatic carbocycles. The van der Waals surface area contributed by atoms with Crippen LogP contribution in [-0.4, -0.2) is 19.3 Å². The minimum absolute atomic E-state index is 0.325. The Balaban J connectivity index is 1.90. The Kier molecular flexibility index (Phi) is 1.64. The highest BCUT2D eigenvalue weighted by Gasteiger charge is 2.30. The van der Waals surface area contributed by atoms with Crippen LogP contribution in [0.3, 0.4) is 0 Å². The van der Waals surface area contributed by atoms with Crippen LogP contribution in [0.4, 0.5) is 5.69 Å². The van der Waals surface area contributed by atoms with Crippen molar-refractivity contribution in [1.29, 1.82) is 0 Å². The van der Waals surface area contributed by atoms with Crippen molar-refractivity contribution in [3.05, 3.63) is 41.6 Å². The van der Waals surface area contributed by atoms with E-state index >= 15 is 0 Å². The number of benzene rings is 1. The fraction of sp³-hybridized carbons (Fsp3) is 0.333. The Bertz CT molecular complexity index is 380. The van der Waals surface area contributed by atoms with Gasteiger partial charge in [0.2, 0.25) is 0 Å². The quantitative estimate of drug-likeness (QED) is 0.667. The van der Waals surface area contributed by atoms with Crippen LogP contribution in [-0.2, 0) is 4.74 Å². The van der Waals surface area contributed by atoms with E-state index in [1.165, 1.54) is 16.9 Å². The summed E-state index contributed by atoms with van der Waals surface area (Å²) < 4.78 is 5.49. The summed E-state index contributed by atoms with van der Waals surface area (Å²) in [4.78, 5) is 2.34. The molecule has 0 radical (unpaired) electrons. The van der Waals surface area contributed by atoms with Crippen LogP contribution in [0.15, 0.2) is 36.0 Å². The highest BCUT2D eigenvalue weighted by molar-refractivity contribution is 5.56. The summed E-state index contributed by atoms with van der Waals surface area (Å²) in [7, 11) is 0. The first-order chi connectivity index (χ1) is 6.83. The number of rotatable bonds is 1. The minimum atomic E-state index is 0.325. The maximum atomic E-state index is 5.49. The van der Waals surface area contributed by atoms with E-state index in [9.17, 15) is 0 Å². The molecule has 2 heterocycles. The van der Waals surface area contributed by atoms with Gasteiger partial charge in [0.05, 0.1) is 19.3 Å². The second-order valence-electron chi connectivity index (χ2n) is 3.95. The second kappa shape index (κ2) is 2.85. The number of hydrogen-bond acceptors (Lipinski definition) is 2. The van der Waals surface area contributed by atoms with Crippen LogP contribution < -0.4 is 4.90 Å². The van der Waals surface area contributed by atoms with Gasteiger partial charge in [0.15, 0.2) is 0 Å². The van der Waals surface area contributed by atoms with E-state index in [0.717, 1.165) is 13.2 Å². The monoisotopic (exact) mass is 187 g/mol. The number of hydrogen-bond donors (Lipinski definition) is 0. The van der Waals surface area contributed by atoms with Crippen molar-refractivity contribution < 1.29 is 4.74 Å². The van der Waals surface area contributed by atoms with E-state index in [2.05, 4.69) is 42.2 Å². The van der Waals surface area contributed by atoms with E-state index < -0.39 is 0 Å². The van der Waals surface area contributed by atoms with Gasteiger partial charge in [-0.1, -0.05) is 17.7 Å². The van der Waals surface area contributed by atoms with Crippen LogP contribution in [0.5, 0.6) is 0 Å². The molecule has 0 fully saturated rings. The molecule has 0 amide bonds. The summed E-state index contributed by atoms with van der Waals surface area (Å²) in [6, 6.07) is 8.67. The third-order valence-corrected chi connectivity index (χ3v) is 2.88. The molecule has 14 heavy (non-hydrogen) atoms. The summed E-state index contributed by atoms with van der Waals surface area (Å²) in [5.74, 6) is 0. The highest BCUT2D eigenvalue weighted by Crippen LogP contribution is 2.30. The zero-order chi connectivity index (χ0) is 9.54. The lowest BCUT2D eigenvalue weighted by atomic mass is 10.2. The van der Waals surface area contributed by atoms with E-state index in [4.69, 9.17) is 4.74 Å². The summed E-state index contributed by atoms with van der Waals surface area (Å²) in [6.45, 7) is 3.87. The Morgan fingerprint density at radius 1 is 1.29 bits per heavy atom. The molecule has 72 valence electrons. The van der Waals surface area contributed by atoms with Gasteiger partial charge in [-0.25, -0.2) is 0 Å². The summed E-state index contributed by atoms with van der Waals surface area (Å²) in [6.07, 6.45) is 2.55. The molecule has 3 rings (SSSR count). The van der Waals surface area contributed by atoms with Crippen LogP contribution >= 0.6 is 0 Å². The zero-order valence-corrected chi connectivity index (χ0v) is 8.23. The fourth-order valence-corrected chi connectivity index (χ4v) is 2.07. The Labute approximate surface area is 83.8 Å². The van der Waals surface area contributed by atoms with Gasteiger partial charge in [0, 0.05) is 11.4 Å². The number of morpholine rings is 1. The fourth-order valence-electron chi connectivity index (χ4n) is 2.07. The first-order valence-electron chi connectivity index (χ1n) is 4.99. The van der Waals surface area contributed by atoms with Crippen LogP contribution in [0.1, 0.15) is 5.56 Å². The molecule has 0 spiro atoms. The number of aryl methyl sites for hydroxylation is 1.